The molecular formula is C31H39N7O11P2S. The molecule has 0 aliphatic carbocycles. The normalized spacial score (nSPS) is 26.3. The summed E-state index contributed by atoms with van der Waals surface area (Å²) < 4.78 is 39.2. The van der Waals surface area contributed by atoms with Crippen LogP contribution < -0.4 is 17.0 Å². The van der Waals surface area contributed by atoms with Gasteiger partial charge in [0.15, 0.2) is 17.7 Å². The number of esters is 1. The highest BCUT2D eigenvalue weighted by molar-refractivity contribution is 8.64. The first kappa shape index (κ1) is 38.3. The van der Waals surface area contributed by atoms with Crippen molar-refractivity contribution in [2.24, 2.45) is 5.92 Å². The molecule has 18 nitrogen and oxygen atoms in total. The number of imidazole rings is 1. The van der Waals surface area contributed by atoms with Gasteiger partial charge in [-0.2, -0.15) is 0 Å². The molecule has 2 aliphatic rings. The van der Waals surface area contributed by atoms with Crippen molar-refractivity contribution in [2.45, 2.75) is 62.7 Å². The van der Waals surface area contributed by atoms with E-state index < -0.39 is 78.9 Å². The zero-order valence-corrected chi connectivity index (χ0v) is 30.8. The van der Waals surface area contributed by atoms with Crippen LogP contribution in [0.1, 0.15) is 31.4 Å². The number of anilines is 1. The van der Waals surface area contributed by atoms with Gasteiger partial charge in [0, 0.05) is 25.8 Å². The number of hydrogen-bond donors (Lipinski definition) is 4. The van der Waals surface area contributed by atoms with Crippen LogP contribution >= 0.6 is 26.1 Å². The molecule has 4 unspecified atom stereocenters. The molecular weight excluding hydrogens is 740 g/mol. The lowest BCUT2D eigenvalue weighted by molar-refractivity contribution is -0.145. The molecule has 2 fully saturated rings. The second-order valence-corrected chi connectivity index (χ2v) is 19.1. The lowest BCUT2D eigenvalue weighted by Crippen LogP contribution is -2.39. The number of carbonyl (C=O) groups is 1. The molecule has 0 spiro atoms. The summed E-state index contributed by atoms with van der Waals surface area (Å²) in [6, 6.07) is 10.7. The SMILES string of the molecule is CO[C@H]1C(OP(=P)(OC[C@H]2O[C@@H](n3cnc4c(N)ncnc43)CC2O)SCOC(=O)C(C)Cc2ccccc2)[C@@H](CO)O[C@H]1n1ccc(=O)[nH]c1=O. The van der Waals surface area contributed by atoms with Crippen molar-refractivity contribution in [2.75, 3.05) is 32.0 Å². The van der Waals surface area contributed by atoms with Gasteiger partial charge in [-0.1, -0.05) is 45.8 Å². The van der Waals surface area contributed by atoms with E-state index in [1.807, 2.05) is 30.3 Å². The van der Waals surface area contributed by atoms with Gasteiger partial charge in [-0.3, -0.25) is 23.7 Å². The van der Waals surface area contributed by atoms with Gasteiger partial charge < -0.3 is 43.9 Å². The summed E-state index contributed by atoms with van der Waals surface area (Å²) in [6.07, 6.45) is -5.16. The molecule has 5 N–H and O–H groups in total. The Labute approximate surface area is 302 Å². The maximum atomic E-state index is 13.0. The summed E-state index contributed by atoms with van der Waals surface area (Å²) in [7, 11) is 5.07. The summed E-state index contributed by atoms with van der Waals surface area (Å²) in [6.45, 7) is 1.06. The number of nitrogens with zero attached hydrogens (tertiary/aromatic N) is 5. The van der Waals surface area contributed by atoms with Crippen LogP contribution in [0.4, 0.5) is 5.82 Å². The Bertz CT molecular complexity index is 2020. The van der Waals surface area contributed by atoms with E-state index in [0.29, 0.717) is 17.6 Å². The lowest BCUT2D eigenvalue weighted by Gasteiger charge is -2.31. The third-order valence-electron chi connectivity index (χ3n) is 8.64. The Morgan fingerprint density at radius 1 is 1.15 bits per heavy atom. The number of ether oxygens (including phenoxy) is 4. The largest absolute Gasteiger partial charge is 0.454 e. The number of benzene rings is 1. The van der Waals surface area contributed by atoms with E-state index in [-0.39, 0.29) is 24.8 Å². The maximum absolute atomic E-state index is 13.0. The van der Waals surface area contributed by atoms with Gasteiger partial charge in [0.2, 0.25) is 6.21 Å². The number of aromatic nitrogens is 6. The quantitative estimate of drug-likeness (QED) is 0.0765. The average molecular weight is 780 g/mol. The Kier molecular flexibility index (Phi) is 12.3. The predicted molar refractivity (Wildman–Crippen MR) is 191 cm³/mol. The molecule has 0 saturated carbocycles. The molecule has 5 heterocycles. The van der Waals surface area contributed by atoms with Gasteiger partial charge >= 0.3 is 11.7 Å². The first-order valence-corrected chi connectivity index (χ1v) is 20.7. The minimum atomic E-state index is -3.33. The first-order valence-electron chi connectivity index (χ1n) is 16.2. The van der Waals surface area contributed by atoms with Gasteiger partial charge in [-0.05, 0) is 23.4 Å². The van der Waals surface area contributed by atoms with Crippen molar-refractivity contribution < 1.29 is 43.0 Å². The number of aliphatic hydroxyl groups excluding tert-OH is 2. The number of aromatic amines is 1. The van der Waals surface area contributed by atoms with Crippen LogP contribution in [0.5, 0.6) is 0 Å². The van der Waals surface area contributed by atoms with Crippen LogP contribution in [-0.2, 0) is 39.2 Å². The zero-order valence-electron chi connectivity index (χ0n) is 28.1. The van der Waals surface area contributed by atoms with Gasteiger partial charge in [0.05, 0.1) is 31.6 Å². The fourth-order valence-corrected chi connectivity index (χ4v) is 9.93. The number of methoxy groups -OCH3 is 1. The molecule has 21 heteroatoms. The molecule has 280 valence electrons. The molecule has 9 atom stereocenters. The van der Waals surface area contributed by atoms with Gasteiger partial charge in [-0.25, -0.2) is 19.7 Å². The highest BCUT2D eigenvalue weighted by atomic mass is 32.8. The van der Waals surface area contributed by atoms with Gasteiger partial charge in [-0.15, -0.1) is 0 Å². The summed E-state index contributed by atoms with van der Waals surface area (Å²) in [5.74, 6) is -0.860. The fraction of sp³-hybridized carbons (Fsp3) is 0.484. The van der Waals surface area contributed by atoms with E-state index in [4.69, 9.17) is 33.7 Å². The molecule has 0 amide bonds. The number of fused-ring (bicyclic) bond motifs is 1. The molecule has 52 heavy (non-hydrogen) atoms. The van der Waals surface area contributed by atoms with Gasteiger partial charge in [0.1, 0.15) is 48.4 Å². The topological polar surface area (TPSA) is 237 Å². The van der Waals surface area contributed by atoms with Crippen LogP contribution in [0.2, 0.25) is 0 Å². The number of rotatable bonds is 15. The Morgan fingerprint density at radius 3 is 2.67 bits per heavy atom. The highest BCUT2D eigenvalue weighted by Gasteiger charge is 2.49. The number of hydrogen-bond acceptors (Lipinski definition) is 16. The van der Waals surface area contributed by atoms with Crippen LogP contribution in [-0.4, -0.2) is 102 Å². The number of aliphatic hydroxyl groups is 2. The molecule has 6 rings (SSSR count). The van der Waals surface area contributed by atoms with Crippen molar-refractivity contribution >= 4 is 49.1 Å². The predicted octanol–water partition coefficient (Wildman–Crippen LogP) is 1.85. The Hall–Kier alpha value is -3.48. The van der Waals surface area contributed by atoms with E-state index in [1.165, 1.54) is 26.0 Å². The summed E-state index contributed by atoms with van der Waals surface area (Å²) >= 11 is 1.02. The second-order valence-electron chi connectivity index (χ2n) is 12.1. The van der Waals surface area contributed by atoms with E-state index in [2.05, 4.69) is 28.5 Å². The Morgan fingerprint density at radius 2 is 1.94 bits per heavy atom. The number of nitrogens with one attached hydrogen (secondary N) is 1. The minimum Gasteiger partial charge on any atom is -0.454 e. The molecule has 1 aromatic carbocycles. The summed E-state index contributed by atoms with van der Waals surface area (Å²) in [5.41, 5.74) is 6.41. The average Bonchev–Trinajstić information content (AvgIpc) is 3.82. The zero-order chi connectivity index (χ0) is 37.0. The van der Waals surface area contributed by atoms with Crippen LogP contribution in [0.25, 0.3) is 11.2 Å². The Balaban J connectivity index is 1.19. The van der Waals surface area contributed by atoms with Crippen molar-refractivity contribution in [1.82, 2.24) is 29.1 Å². The third-order valence-corrected chi connectivity index (χ3v) is 14.0. The van der Waals surface area contributed by atoms with Crippen LogP contribution in [0.3, 0.4) is 0 Å². The van der Waals surface area contributed by atoms with Crippen molar-refractivity contribution in [3.05, 3.63) is 81.7 Å². The van der Waals surface area contributed by atoms with E-state index in [1.54, 1.807) is 11.5 Å². The molecule has 0 radical (unpaired) electrons. The smallest absolute Gasteiger partial charge is 0.330 e. The number of nitrogen functional groups attached to an aromatic ring is 1. The molecule has 3 aromatic heterocycles. The molecule has 2 aliphatic heterocycles. The lowest BCUT2D eigenvalue weighted by atomic mass is 10.0. The maximum Gasteiger partial charge on any atom is 0.330 e. The van der Waals surface area contributed by atoms with E-state index >= 15 is 0 Å². The summed E-state index contributed by atoms with van der Waals surface area (Å²) in [5, 5.41) is 21.3. The van der Waals surface area contributed by atoms with Gasteiger partial charge in [0.25, 0.3) is 5.56 Å². The highest BCUT2D eigenvalue weighted by Crippen LogP contribution is 2.67. The first-order chi connectivity index (χ1) is 25.0. The fourth-order valence-electron chi connectivity index (χ4n) is 5.98. The number of nitrogens with two attached hydrogens (primary N) is 1. The van der Waals surface area contributed by atoms with Crippen molar-refractivity contribution in [3.8, 4) is 0 Å². The summed E-state index contributed by atoms with van der Waals surface area (Å²) in [4.78, 5) is 52.0. The van der Waals surface area contributed by atoms with E-state index in [0.717, 1.165) is 27.6 Å². The minimum absolute atomic E-state index is 0.179. The number of H-pyrrole nitrogens is 1. The second kappa shape index (κ2) is 16.7. The third kappa shape index (κ3) is 8.50. The van der Waals surface area contributed by atoms with Crippen LogP contribution in [0, 0.1) is 5.92 Å². The molecule has 2 saturated heterocycles. The standard InChI is InChI=1S/C31H39N7O11P2S/c1-17(10-18-6-4-3-5-7-18)30(42)45-16-52-51(50,49-25-20(12-39)48-29(26(25)44-2)37-9-8-22(41)36-31(37)43)46-13-21-19(40)11-23(47-21)38-15-35-24-27(32)33-14-34-28(24)38/h3-9,14-15,17,19-21,23,25-26,29,39-40,50H,10-13,16H2,1-2H3,(H2,32,33,34)(H,36,41,43)/t17?,19?,20-,21-,23-,25?,26+,29-,51?/m1/s1. The van der Waals surface area contributed by atoms with Crippen molar-refractivity contribution in [1.29, 1.82) is 0 Å². The van der Waals surface area contributed by atoms with E-state index in [9.17, 15) is 24.6 Å². The van der Waals surface area contributed by atoms with Crippen LogP contribution in [0.15, 0.2) is 64.8 Å². The molecule has 0 bridgehead atoms. The monoisotopic (exact) mass is 779 g/mol. The van der Waals surface area contributed by atoms with Crippen molar-refractivity contribution in [3.63, 3.8) is 0 Å². The number of carbonyl (C=O) groups excluding carboxylic acids is 1. The molecule has 4 aromatic rings.